The van der Waals surface area contributed by atoms with Crippen molar-refractivity contribution >= 4 is 0 Å². The summed E-state index contributed by atoms with van der Waals surface area (Å²) in [6, 6.07) is 3.75. The van der Waals surface area contributed by atoms with Crippen molar-refractivity contribution in [2.45, 2.75) is 83.0 Å². The number of rotatable bonds is 8. The first kappa shape index (κ1) is 22.7. The monoisotopic (exact) mass is 410 g/mol. The molecule has 1 saturated carbocycles. The molecule has 1 fully saturated rings. The first-order valence-corrected chi connectivity index (χ1v) is 11.6. The minimum atomic E-state index is -0.160. The van der Waals surface area contributed by atoms with Gasteiger partial charge in [-0.15, -0.1) is 0 Å². The van der Waals surface area contributed by atoms with Gasteiger partial charge in [-0.2, -0.15) is 0 Å². The van der Waals surface area contributed by atoms with E-state index in [-0.39, 0.29) is 35.4 Å². The Hall–Kier alpha value is -2.00. The maximum Gasteiger partial charge on any atom is 0.123 e. The van der Waals surface area contributed by atoms with Gasteiger partial charge in [0, 0.05) is 16.9 Å². The van der Waals surface area contributed by atoms with Gasteiger partial charge < -0.3 is 15.3 Å². The van der Waals surface area contributed by atoms with Crippen LogP contribution in [0.5, 0.6) is 11.5 Å². The van der Waals surface area contributed by atoms with Gasteiger partial charge in [0.05, 0.1) is 6.61 Å². The lowest BCUT2D eigenvalue weighted by Gasteiger charge is -2.33. The Balaban J connectivity index is 2.00. The minimum Gasteiger partial charge on any atom is -0.507 e. The number of phenolic OH excluding ortho intramolecular Hbond substituents is 2. The maximum absolute atomic E-state index is 11.1. The van der Waals surface area contributed by atoms with Crippen molar-refractivity contribution in [1.29, 1.82) is 0 Å². The van der Waals surface area contributed by atoms with E-state index in [1.807, 2.05) is 25.1 Å². The van der Waals surface area contributed by atoms with Crippen LogP contribution in [0.4, 0.5) is 0 Å². The van der Waals surface area contributed by atoms with Gasteiger partial charge >= 0.3 is 0 Å². The van der Waals surface area contributed by atoms with Crippen LogP contribution < -0.4 is 0 Å². The van der Waals surface area contributed by atoms with E-state index in [4.69, 9.17) is 0 Å². The molecule has 3 nitrogen and oxygen atoms in total. The third-order valence-electron chi connectivity index (χ3n) is 7.16. The molecule has 30 heavy (non-hydrogen) atoms. The van der Waals surface area contributed by atoms with Crippen molar-refractivity contribution in [2.24, 2.45) is 5.92 Å². The predicted molar refractivity (Wildman–Crippen MR) is 124 cm³/mol. The number of unbranched alkanes of at least 4 members (excludes halogenated alkanes) is 2. The SMILES string of the molecule is C=C(C)C1CCC(CO)=C[C@@H]1c1c(O)cc(C2(/C=C\CCCC)CCCC2)cc1O. The van der Waals surface area contributed by atoms with E-state index in [1.165, 1.54) is 25.7 Å². The van der Waals surface area contributed by atoms with E-state index in [0.29, 0.717) is 5.56 Å². The van der Waals surface area contributed by atoms with Crippen molar-refractivity contribution in [2.75, 3.05) is 6.61 Å². The highest BCUT2D eigenvalue weighted by Crippen LogP contribution is 2.50. The lowest BCUT2D eigenvalue weighted by Crippen LogP contribution is -2.21. The minimum absolute atomic E-state index is 0.0185. The number of aromatic hydroxyl groups is 2. The van der Waals surface area contributed by atoms with Gasteiger partial charge in [-0.3, -0.25) is 0 Å². The quantitative estimate of drug-likeness (QED) is 0.332. The Labute approximate surface area is 181 Å². The predicted octanol–water partition coefficient (Wildman–Crippen LogP) is 6.64. The molecule has 1 unspecified atom stereocenters. The van der Waals surface area contributed by atoms with Crippen molar-refractivity contribution in [3.63, 3.8) is 0 Å². The fraction of sp³-hybridized carbons (Fsp3) is 0.556. The lowest BCUT2D eigenvalue weighted by atomic mass is 9.72. The highest BCUT2D eigenvalue weighted by atomic mass is 16.3. The van der Waals surface area contributed by atoms with Crippen LogP contribution in [0.3, 0.4) is 0 Å². The van der Waals surface area contributed by atoms with Crippen molar-refractivity contribution < 1.29 is 15.3 Å². The molecular weight excluding hydrogens is 372 g/mol. The van der Waals surface area contributed by atoms with Crippen molar-refractivity contribution in [3.8, 4) is 11.5 Å². The van der Waals surface area contributed by atoms with Crippen LogP contribution in [-0.2, 0) is 5.41 Å². The first-order valence-electron chi connectivity index (χ1n) is 11.6. The molecule has 1 aromatic carbocycles. The third-order valence-corrected chi connectivity index (χ3v) is 7.16. The van der Waals surface area contributed by atoms with Crippen molar-refractivity contribution in [1.82, 2.24) is 0 Å². The number of phenols is 2. The van der Waals surface area contributed by atoms with Gasteiger partial charge in [0.25, 0.3) is 0 Å². The van der Waals surface area contributed by atoms with Crippen LogP contribution in [-0.4, -0.2) is 21.9 Å². The maximum atomic E-state index is 11.1. The molecule has 164 valence electrons. The number of benzene rings is 1. The van der Waals surface area contributed by atoms with Crippen LogP contribution in [0.1, 0.15) is 88.7 Å². The van der Waals surface area contributed by atoms with E-state index in [9.17, 15) is 15.3 Å². The molecule has 0 saturated heterocycles. The summed E-state index contributed by atoms with van der Waals surface area (Å²) in [5.74, 6) is 0.305. The molecule has 3 rings (SSSR count). The third kappa shape index (κ3) is 4.67. The number of hydrogen-bond donors (Lipinski definition) is 3. The molecule has 1 aromatic rings. The molecule has 0 aromatic heterocycles. The Morgan fingerprint density at radius 2 is 1.87 bits per heavy atom. The molecule has 3 heteroatoms. The molecule has 2 atom stereocenters. The molecule has 0 radical (unpaired) electrons. The Bertz CT molecular complexity index is 788. The second-order valence-electron chi connectivity index (χ2n) is 9.34. The molecule has 3 N–H and O–H groups in total. The summed E-state index contributed by atoms with van der Waals surface area (Å²) in [7, 11) is 0. The lowest BCUT2D eigenvalue weighted by molar-refractivity contribution is 0.314. The fourth-order valence-electron chi connectivity index (χ4n) is 5.38. The van der Waals surface area contributed by atoms with Crippen LogP contribution in [0, 0.1) is 5.92 Å². The Kier molecular flexibility index (Phi) is 7.46. The largest absolute Gasteiger partial charge is 0.507 e. The van der Waals surface area contributed by atoms with Crippen LogP contribution >= 0.6 is 0 Å². The Morgan fingerprint density at radius 3 is 2.43 bits per heavy atom. The van der Waals surface area contributed by atoms with Crippen molar-refractivity contribution in [3.05, 3.63) is 59.2 Å². The van der Waals surface area contributed by atoms with E-state index in [1.54, 1.807) is 0 Å². The van der Waals surface area contributed by atoms with Crippen LogP contribution in [0.2, 0.25) is 0 Å². The second kappa shape index (κ2) is 9.87. The number of hydrogen-bond acceptors (Lipinski definition) is 3. The molecule has 2 aliphatic rings. The van der Waals surface area contributed by atoms with E-state index >= 15 is 0 Å². The summed E-state index contributed by atoms with van der Waals surface area (Å²) < 4.78 is 0. The van der Waals surface area contributed by atoms with Crippen LogP contribution in [0.15, 0.2) is 48.1 Å². The smallest absolute Gasteiger partial charge is 0.123 e. The second-order valence-corrected chi connectivity index (χ2v) is 9.34. The standard InChI is InChI=1S/C27H38O3/c1-4-5-6-7-12-27(13-8-9-14-27)21-16-24(29)26(25(30)17-21)23-15-20(18-28)10-11-22(23)19(2)3/h7,12,15-17,22-23,28-30H,2,4-6,8-11,13-14,18H2,1,3H3/b12-7-/t22?,23-/m0/s1. The van der Waals surface area contributed by atoms with Gasteiger partial charge in [0.2, 0.25) is 0 Å². The number of allylic oxidation sites excluding steroid dienone is 4. The summed E-state index contributed by atoms with van der Waals surface area (Å²) in [5.41, 5.74) is 3.50. The van der Waals surface area contributed by atoms with Gasteiger partial charge in [0.15, 0.2) is 0 Å². The average molecular weight is 411 g/mol. The summed E-state index contributed by atoms with van der Waals surface area (Å²) in [5, 5.41) is 31.8. The summed E-state index contributed by atoms with van der Waals surface area (Å²) >= 11 is 0. The van der Waals surface area contributed by atoms with Crippen LogP contribution in [0.25, 0.3) is 0 Å². The van der Waals surface area contributed by atoms with E-state index < -0.39 is 0 Å². The molecule has 2 aliphatic carbocycles. The molecule has 0 spiro atoms. The summed E-state index contributed by atoms with van der Waals surface area (Å²) in [6.07, 6.45) is 16.2. The van der Waals surface area contributed by atoms with Gasteiger partial charge in [-0.05, 0) is 68.2 Å². The molecular formula is C27H38O3. The van der Waals surface area contributed by atoms with Gasteiger partial charge in [-0.1, -0.05) is 63.0 Å². The fourth-order valence-corrected chi connectivity index (χ4v) is 5.38. The highest BCUT2D eigenvalue weighted by Gasteiger charge is 2.36. The zero-order chi connectivity index (χ0) is 21.7. The summed E-state index contributed by atoms with van der Waals surface area (Å²) in [6.45, 7) is 8.37. The average Bonchev–Trinajstić information content (AvgIpc) is 3.20. The molecule has 0 heterocycles. The number of aliphatic hydroxyl groups excluding tert-OH is 1. The zero-order valence-corrected chi connectivity index (χ0v) is 18.7. The molecule has 0 aliphatic heterocycles. The van der Waals surface area contributed by atoms with Gasteiger partial charge in [0.1, 0.15) is 11.5 Å². The topological polar surface area (TPSA) is 60.7 Å². The summed E-state index contributed by atoms with van der Waals surface area (Å²) in [4.78, 5) is 0. The molecule has 0 bridgehead atoms. The highest BCUT2D eigenvalue weighted by molar-refractivity contribution is 5.54. The Morgan fingerprint density at radius 1 is 1.20 bits per heavy atom. The first-order chi connectivity index (χ1) is 14.4. The van der Waals surface area contributed by atoms with Gasteiger partial charge in [-0.25, -0.2) is 0 Å². The number of aliphatic hydroxyl groups is 1. The van der Waals surface area contributed by atoms with E-state index in [2.05, 4.69) is 25.7 Å². The normalized spacial score (nSPS) is 23.6. The molecule has 0 amide bonds. The zero-order valence-electron chi connectivity index (χ0n) is 18.7. The van der Waals surface area contributed by atoms with E-state index in [0.717, 1.165) is 48.8 Å².